The Kier molecular flexibility index (Phi) is 4.86. The molecule has 0 fully saturated rings. The first-order chi connectivity index (χ1) is 8.66. The molecule has 108 valence electrons. The minimum absolute atomic E-state index is 0.261. The molecule has 0 unspecified atom stereocenters. The third kappa shape index (κ3) is 3.63. The summed E-state index contributed by atoms with van der Waals surface area (Å²) >= 11 is 0. The third-order valence-electron chi connectivity index (χ3n) is 2.76. The third-order valence-corrected chi connectivity index (χ3v) is 4.63. The van der Waals surface area contributed by atoms with Crippen molar-refractivity contribution in [1.29, 1.82) is 0 Å². The average molecular weight is 292 g/mol. The predicted octanol–water partition coefficient (Wildman–Crippen LogP) is 2.21. The van der Waals surface area contributed by atoms with Gasteiger partial charge in [0, 0.05) is 19.7 Å². The second kappa shape index (κ2) is 5.83. The van der Waals surface area contributed by atoms with Gasteiger partial charge in [0.25, 0.3) is 0 Å². The molecule has 19 heavy (non-hydrogen) atoms. The molecular formula is C12H18F2N2O2S. The predicted molar refractivity (Wildman–Crippen MR) is 70.0 cm³/mol. The van der Waals surface area contributed by atoms with Crippen LogP contribution in [-0.2, 0) is 10.0 Å². The Morgan fingerprint density at radius 3 is 2.37 bits per heavy atom. The maximum Gasteiger partial charge on any atom is 0.245 e. The minimum atomic E-state index is -3.99. The number of halogens is 2. The van der Waals surface area contributed by atoms with E-state index in [-0.39, 0.29) is 6.54 Å². The monoisotopic (exact) mass is 292 g/mol. The van der Waals surface area contributed by atoms with Gasteiger partial charge >= 0.3 is 0 Å². The lowest BCUT2D eigenvalue weighted by atomic mass is 10.1. The zero-order valence-corrected chi connectivity index (χ0v) is 12.0. The Balaban J connectivity index is 3.10. The van der Waals surface area contributed by atoms with Gasteiger partial charge in [-0.05, 0) is 18.4 Å². The summed E-state index contributed by atoms with van der Waals surface area (Å²) in [5.74, 6) is -1.79. The van der Waals surface area contributed by atoms with Crippen molar-refractivity contribution < 1.29 is 17.2 Å². The number of nitrogens with two attached hydrogens (primary N) is 1. The molecular weight excluding hydrogens is 274 g/mol. The van der Waals surface area contributed by atoms with Gasteiger partial charge in [0.05, 0.1) is 5.69 Å². The average Bonchev–Trinajstić information content (AvgIpc) is 2.30. The second-order valence-electron chi connectivity index (χ2n) is 4.81. The number of hydrogen-bond acceptors (Lipinski definition) is 3. The van der Waals surface area contributed by atoms with Crippen LogP contribution < -0.4 is 5.73 Å². The van der Waals surface area contributed by atoms with Crippen LogP contribution in [0.3, 0.4) is 0 Å². The van der Waals surface area contributed by atoms with Gasteiger partial charge in [0.15, 0.2) is 0 Å². The molecule has 1 rings (SSSR count). The zero-order valence-electron chi connectivity index (χ0n) is 11.2. The summed E-state index contributed by atoms with van der Waals surface area (Å²) in [5.41, 5.74) is 4.89. The van der Waals surface area contributed by atoms with Crippen LogP contribution in [0.4, 0.5) is 14.5 Å². The van der Waals surface area contributed by atoms with Crippen molar-refractivity contribution in [2.45, 2.75) is 25.2 Å². The van der Waals surface area contributed by atoms with Crippen LogP contribution in [0, 0.1) is 17.6 Å². The van der Waals surface area contributed by atoms with E-state index in [1.165, 1.54) is 7.05 Å². The van der Waals surface area contributed by atoms with Crippen molar-refractivity contribution in [3.8, 4) is 0 Å². The standard InChI is InChI=1S/C12H18F2N2O2S/c1-8(2)4-5-16(3)19(17,18)12-7-11(15)9(13)6-10(12)14/h6-8H,4-5,15H2,1-3H3. The molecule has 0 saturated carbocycles. The van der Waals surface area contributed by atoms with Crippen LogP contribution in [-0.4, -0.2) is 26.3 Å². The smallest absolute Gasteiger partial charge is 0.245 e. The summed E-state index contributed by atoms with van der Waals surface area (Å²) < 4.78 is 51.9. The number of nitrogens with zero attached hydrogens (tertiary/aromatic N) is 1. The van der Waals surface area contributed by atoms with Gasteiger partial charge in [-0.25, -0.2) is 21.5 Å². The molecule has 1 aromatic rings. The maximum atomic E-state index is 13.6. The number of sulfonamides is 1. The fourth-order valence-electron chi connectivity index (χ4n) is 1.47. The topological polar surface area (TPSA) is 63.4 Å². The molecule has 0 aliphatic heterocycles. The van der Waals surface area contributed by atoms with E-state index in [1.807, 2.05) is 13.8 Å². The van der Waals surface area contributed by atoms with Crippen LogP contribution in [0.25, 0.3) is 0 Å². The summed E-state index contributed by atoms with van der Waals surface area (Å²) in [6.07, 6.45) is 0.647. The van der Waals surface area contributed by atoms with E-state index in [9.17, 15) is 17.2 Å². The van der Waals surface area contributed by atoms with E-state index in [2.05, 4.69) is 0 Å². The van der Waals surface area contributed by atoms with Crippen molar-refractivity contribution in [3.63, 3.8) is 0 Å². The first-order valence-electron chi connectivity index (χ1n) is 5.87. The van der Waals surface area contributed by atoms with Gasteiger partial charge < -0.3 is 5.73 Å². The van der Waals surface area contributed by atoms with E-state index < -0.39 is 32.2 Å². The van der Waals surface area contributed by atoms with Gasteiger partial charge in [-0.1, -0.05) is 13.8 Å². The molecule has 1 aromatic carbocycles. The lowest BCUT2D eigenvalue weighted by Crippen LogP contribution is -2.29. The summed E-state index contributed by atoms with van der Waals surface area (Å²) in [6.45, 7) is 4.17. The van der Waals surface area contributed by atoms with Crippen molar-refractivity contribution >= 4 is 15.7 Å². The number of benzene rings is 1. The van der Waals surface area contributed by atoms with Gasteiger partial charge in [-0.15, -0.1) is 0 Å². The maximum absolute atomic E-state index is 13.6. The van der Waals surface area contributed by atoms with E-state index >= 15 is 0 Å². The van der Waals surface area contributed by atoms with Gasteiger partial charge in [0.2, 0.25) is 10.0 Å². The van der Waals surface area contributed by atoms with Crippen LogP contribution in [0.1, 0.15) is 20.3 Å². The molecule has 0 radical (unpaired) electrons. The lowest BCUT2D eigenvalue weighted by molar-refractivity contribution is 0.424. The quantitative estimate of drug-likeness (QED) is 0.846. The van der Waals surface area contributed by atoms with E-state index in [1.54, 1.807) is 0 Å². The molecule has 2 N–H and O–H groups in total. The minimum Gasteiger partial charge on any atom is -0.396 e. The SMILES string of the molecule is CC(C)CCN(C)S(=O)(=O)c1cc(N)c(F)cc1F. The van der Waals surface area contributed by atoms with Crippen molar-refractivity contribution in [1.82, 2.24) is 4.31 Å². The van der Waals surface area contributed by atoms with E-state index in [0.717, 1.165) is 10.4 Å². The first kappa shape index (κ1) is 15.8. The Morgan fingerprint density at radius 1 is 1.26 bits per heavy atom. The van der Waals surface area contributed by atoms with Crippen LogP contribution >= 0.6 is 0 Å². The lowest BCUT2D eigenvalue weighted by Gasteiger charge is -2.18. The largest absolute Gasteiger partial charge is 0.396 e. The molecule has 7 heteroatoms. The molecule has 0 amide bonds. The number of nitrogen functional groups attached to an aromatic ring is 1. The highest BCUT2D eigenvalue weighted by atomic mass is 32.2. The zero-order chi connectivity index (χ0) is 14.8. The molecule has 0 aliphatic rings. The number of rotatable bonds is 5. The first-order valence-corrected chi connectivity index (χ1v) is 7.31. The van der Waals surface area contributed by atoms with E-state index in [0.29, 0.717) is 18.4 Å². The molecule has 0 bridgehead atoms. The van der Waals surface area contributed by atoms with Crippen LogP contribution in [0.5, 0.6) is 0 Å². The van der Waals surface area contributed by atoms with Crippen LogP contribution in [0.2, 0.25) is 0 Å². The fourth-order valence-corrected chi connectivity index (χ4v) is 2.73. The van der Waals surface area contributed by atoms with Crippen molar-refractivity contribution in [3.05, 3.63) is 23.8 Å². The highest BCUT2D eigenvalue weighted by molar-refractivity contribution is 7.89. The van der Waals surface area contributed by atoms with Crippen LogP contribution in [0.15, 0.2) is 17.0 Å². The van der Waals surface area contributed by atoms with Gasteiger partial charge in [-0.3, -0.25) is 0 Å². The molecule has 4 nitrogen and oxygen atoms in total. The summed E-state index contributed by atoms with van der Waals surface area (Å²) in [6, 6.07) is 1.30. The van der Waals surface area contributed by atoms with Crippen molar-refractivity contribution in [2.75, 3.05) is 19.3 Å². The number of hydrogen-bond donors (Lipinski definition) is 1. The van der Waals surface area contributed by atoms with Gasteiger partial charge in [-0.2, -0.15) is 0 Å². The molecule has 0 aromatic heterocycles. The molecule has 0 aliphatic carbocycles. The molecule has 0 saturated heterocycles. The van der Waals surface area contributed by atoms with Gasteiger partial charge in [0.1, 0.15) is 16.5 Å². The van der Waals surface area contributed by atoms with Crippen molar-refractivity contribution in [2.24, 2.45) is 5.92 Å². The van der Waals surface area contributed by atoms with E-state index in [4.69, 9.17) is 5.73 Å². The second-order valence-corrected chi connectivity index (χ2v) is 6.83. The summed E-state index contributed by atoms with van der Waals surface area (Å²) in [4.78, 5) is -0.599. The molecule has 0 atom stereocenters. The Labute approximate surface area is 112 Å². The fraction of sp³-hybridized carbons (Fsp3) is 0.500. The highest BCUT2D eigenvalue weighted by Crippen LogP contribution is 2.23. The highest BCUT2D eigenvalue weighted by Gasteiger charge is 2.25. The Bertz CT molecular complexity index is 559. The Morgan fingerprint density at radius 2 is 1.84 bits per heavy atom. The molecule has 0 spiro atoms. The molecule has 0 heterocycles. The summed E-state index contributed by atoms with van der Waals surface area (Å²) in [5, 5.41) is 0. The number of anilines is 1. The Hall–Kier alpha value is -1.21. The summed E-state index contributed by atoms with van der Waals surface area (Å²) in [7, 11) is -2.64. The normalized spacial score (nSPS) is 12.4.